The Bertz CT molecular complexity index is 662. The van der Waals surface area contributed by atoms with Crippen molar-refractivity contribution in [3.63, 3.8) is 0 Å². The molecule has 1 aliphatic rings. The van der Waals surface area contributed by atoms with Crippen LogP contribution in [0, 0.1) is 5.92 Å². The summed E-state index contributed by atoms with van der Waals surface area (Å²) in [6, 6.07) is 7.88. The molecule has 1 aromatic heterocycles. The summed E-state index contributed by atoms with van der Waals surface area (Å²) in [5.74, 6) is 1.92. The van der Waals surface area contributed by atoms with Crippen molar-refractivity contribution >= 4 is 10.9 Å². The second-order valence-electron chi connectivity index (χ2n) is 6.94. The molecule has 3 rings (SSSR count). The molecule has 3 heteroatoms. The van der Waals surface area contributed by atoms with Gasteiger partial charge in [-0.15, -0.1) is 0 Å². The Hall–Kier alpha value is -1.77. The summed E-state index contributed by atoms with van der Waals surface area (Å²) in [4.78, 5) is 4.36. The number of nitrogens with zero attached hydrogens (tertiary/aromatic N) is 1. The number of benzene rings is 1. The Morgan fingerprint density at radius 1 is 1.12 bits per heavy atom. The summed E-state index contributed by atoms with van der Waals surface area (Å²) < 4.78 is 5.87. The Labute approximate surface area is 145 Å². The minimum Gasteiger partial charge on any atom is -0.493 e. The van der Waals surface area contributed by atoms with E-state index in [0.29, 0.717) is 6.61 Å². The molecule has 0 unspecified atom stereocenters. The van der Waals surface area contributed by atoms with Crippen LogP contribution in [0.1, 0.15) is 63.9 Å². The zero-order valence-corrected chi connectivity index (χ0v) is 14.8. The summed E-state index contributed by atoms with van der Waals surface area (Å²) >= 11 is 0. The fourth-order valence-electron chi connectivity index (χ4n) is 3.95. The molecule has 130 valence electrons. The first-order valence-corrected chi connectivity index (χ1v) is 9.53. The van der Waals surface area contributed by atoms with Gasteiger partial charge in [-0.1, -0.05) is 57.1 Å². The molecule has 0 aliphatic heterocycles. The van der Waals surface area contributed by atoms with Gasteiger partial charge in [0.2, 0.25) is 5.88 Å². The lowest BCUT2D eigenvalue weighted by Crippen LogP contribution is -2.01. The van der Waals surface area contributed by atoms with Crippen molar-refractivity contribution in [2.75, 3.05) is 6.61 Å². The van der Waals surface area contributed by atoms with E-state index in [1.54, 1.807) is 0 Å². The smallest absolute Gasteiger partial charge is 0.218 e. The van der Waals surface area contributed by atoms with Crippen molar-refractivity contribution in [2.24, 2.45) is 5.92 Å². The van der Waals surface area contributed by atoms with Gasteiger partial charge in [-0.25, -0.2) is 4.98 Å². The Morgan fingerprint density at radius 3 is 2.71 bits per heavy atom. The minimum atomic E-state index is 0.132. The molecule has 1 N–H and O–H groups in total. The van der Waals surface area contributed by atoms with Crippen LogP contribution in [0.4, 0.5) is 0 Å². The van der Waals surface area contributed by atoms with Crippen molar-refractivity contribution in [3.8, 4) is 11.6 Å². The van der Waals surface area contributed by atoms with Gasteiger partial charge in [0.15, 0.2) is 0 Å². The van der Waals surface area contributed by atoms with Crippen LogP contribution < -0.4 is 4.74 Å². The molecule has 0 amide bonds. The largest absolute Gasteiger partial charge is 0.493 e. The summed E-state index contributed by atoms with van der Waals surface area (Å²) in [7, 11) is 0. The number of ether oxygens (including phenoxy) is 1. The SMILES string of the molecule is CCOc1c(CCCCCC2CCCC2)c(O)nc2ccccc12. The first kappa shape index (κ1) is 17.1. The van der Waals surface area contributed by atoms with Crippen LogP contribution in [0.15, 0.2) is 24.3 Å². The molecule has 0 saturated heterocycles. The van der Waals surface area contributed by atoms with E-state index in [2.05, 4.69) is 4.98 Å². The van der Waals surface area contributed by atoms with E-state index >= 15 is 0 Å². The number of pyridine rings is 1. The zero-order valence-electron chi connectivity index (χ0n) is 14.8. The second kappa shape index (κ2) is 8.36. The molecule has 0 radical (unpaired) electrons. The monoisotopic (exact) mass is 327 g/mol. The summed E-state index contributed by atoms with van der Waals surface area (Å²) in [5.41, 5.74) is 1.67. The first-order valence-electron chi connectivity index (χ1n) is 9.53. The summed E-state index contributed by atoms with van der Waals surface area (Å²) in [6.45, 7) is 2.58. The number of hydrogen-bond acceptors (Lipinski definition) is 3. The predicted molar refractivity (Wildman–Crippen MR) is 98.7 cm³/mol. The number of rotatable bonds is 8. The molecule has 1 saturated carbocycles. The summed E-state index contributed by atoms with van der Waals surface area (Å²) in [6.07, 6.45) is 11.5. The molecule has 1 heterocycles. The lowest BCUT2D eigenvalue weighted by Gasteiger charge is -2.14. The highest BCUT2D eigenvalue weighted by Gasteiger charge is 2.16. The van der Waals surface area contributed by atoms with E-state index in [-0.39, 0.29) is 5.88 Å². The summed E-state index contributed by atoms with van der Waals surface area (Å²) in [5, 5.41) is 11.4. The molecule has 2 aromatic rings. The Balaban J connectivity index is 1.64. The van der Waals surface area contributed by atoms with Gasteiger partial charge in [-0.3, -0.25) is 0 Å². The number of para-hydroxylation sites is 1. The Morgan fingerprint density at radius 2 is 1.92 bits per heavy atom. The third-order valence-corrected chi connectivity index (χ3v) is 5.22. The number of fused-ring (bicyclic) bond motifs is 1. The van der Waals surface area contributed by atoms with Crippen molar-refractivity contribution in [2.45, 2.75) is 64.7 Å². The number of aromatic hydroxyl groups is 1. The average Bonchev–Trinajstić information content (AvgIpc) is 3.10. The van der Waals surface area contributed by atoms with Crippen molar-refractivity contribution < 1.29 is 9.84 Å². The van der Waals surface area contributed by atoms with Crippen LogP contribution >= 0.6 is 0 Å². The van der Waals surface area contributed by atoms with Crippen LogP contribution in [0.5, 0.6) is 11.6 Å². The molecule has 1 aliphatic carbocycles. The van der Waals surface area contributed by atoms with Crippen LogP contribution in [-0.4, -0.2) is 16.7 Å². The first-order chi connectivity index (χ1) is 11.8. The van der Waals surface area contributed by atoms with Gasteiger partial charge in [0.1, 0.15) is 5.75 Å². The fourth-order valence-corrected chi connectivity index (χ4v) is 3.95. The van der Waals surface area contributed by atoms with E-state index in [1.807, 2.05) is 31.2 Å². The van der Waals surface area contributed by atoms with Gasteiger partial charge in [0.25, 0.3) is 0 Å². The third-order valence-electron chi connectivity index (χ3n) is 5.22. The maximum atomic E-state index is 10.4. The van der Waals surface area contributed by atoms with Crippen LogP contribution in [0.25, 0.3) is 10.9 Å². The molecule has 0 spiro atoms. The molecule has 0 atom stereocenters. The molecule has 3 nitrogen and oxygen atoms in total. The second-order valence-corrected chi connectivity index (χ2v) is 6.94. The molecular weight excluding hydrogens is 298 g/mol. The lowest BCUT2D eigenvalue weighted by molar-refractivity contribution is 0.335. The highest BCUT2D eigenvalue weighted by Crippen LogP contribution is 2.35. The third kappa shape index (κ3) is 4.00. The van der Waals surface area contributed by atoms with E-state index in [1.165, 1.54) is 44.9 Å². The van der Waals surface area contributed by atoms with E-state index in [0.717, 1.165) is 41.0 Å². The van der Waals surface area contributed by atoms with E-state index in [9.17, 15) is 5.11 Å². The number of aromatic nitrogens is 1. The lowest BCUT2D eigenvalue weighted by atomic mass is 9.98. The zero-order chi connectivity index (χ0) is 16.8. The van der Waals surface area contributed by atoms with Crippen LogP contribution in [0.2, 0.25) is 0 Å². The maximum absolute atomic E-state index is 10.4. The maximum Gasteiger partial charge on any atom is 0.218 e. The molecule has 1 fully saturated rings. The highest BCUT2D eigenvalue weighted by molar-refractivity contribution is 5.87. The molecule has 1 aromatic carbocycles. The van der Waals surface area contributed by atoms with Crippen LogP contribution in [0.3, 0.4) is 0 Å². The van der Waals surface area contributed by atoms with Crippen molar-refractivity contribution in [1.29, 1.82) is 0 Å². The predicted octanol–water partition coefficient (Wildman–Crippen LogP) is 5.63. The van der Waals surface area contributed by atoms with Crippen LogP contribution in [-0.2, 0) is 6.42 Å². The normalized spacial score (nSPS) is 15.2. The van der Waals surface area contributed by atoms with E-state index < -0.39 is 0 Å². The molecule has 24 heavy (non-hydrogen) atoms. The van der Waals surface area contributed by atoms with Crippen molar-refractivity contribution in [1.82, 2.24) is 4.98 Å². The quantitative estimate of drug-likeness (QED) is 0.639. The van der Waals surface area contributed by atoms with Gasteiger partial charge in [-0.05, 0) is 37.8 Å². The van der Waals surface area contributed by atoms with Gasteiger partial charge in [-0.2, -0.15) is 0 Å². The standard InChI is InChI=1S/C21H29NO2/c1-2-24-20-17-13-8-9-15-19(17)22-21(23)18(20)14-5-3-4-10-16-11-6-7-12-16/h8-9,13,15-16H,2-7,10-12,14H2,1H3,(H,22,23). The van der Waals surface area contributed by atoms with Gasteiger partial charge >= 0.3 is 0 Å². The highest BCUT2D eigenvalue weighted by atomic mass is 16.5. The van der Waals surface area contributed by atoms with Gasteiger partial charge < -0.3 is 9.84 Å². The average molecular weight is 327 g/mol. The van der Waals surface area contributed by atoms with Crippen molar-refractivity contribution in [3.05, 3.63) is 29.8 Å². The van der Waals surface area contributed by atoms with Gasteiger partial charge in [0, 0.05) is 5.39 Å². The number of unbranched alkanes of at least 4 members (excludes halogenated alkanes) is 2. The molecule has 0 bridgehead atoms. The Kier molecular flexibility index (Phi) is 5.95. The van der Waals surface area contributed by atoms with Gasteiger partial charge in [0.05, 0.1) is 17.7 Å². The minimum absolute atomic E-state index is 0.132. The fraction of sp³-hybridized carbons (Fsp3) is 0.571. The number of hydrogen-bond donors (Lipinski definition) is 1. The van der Waals surface area contributed by atoms with E-state index in [4.69, 9.17) is 4.74 Å². The molecular formula is C21H29NO2. The topological polar surface area (TPSA) is 42.4 Å².